The Balaban J connectivity index is 1.74. The molecule has 1 aromatic carbocycles. The van der Waals surface area contributed by atoms with Crippen molar-refractivity contribution in [3.8, 4) is 17.2 Å². The first-order valence-corrected chi connectivity index (χ1v) is 8.77. The summed E-state index contributed by atoms with van der Waals surface area (Å²) in [6.45, 7) is 6.82. The van der Waals surface area contributed by atoms with Gasteiger partial charge in [0.05, 0.1) is 18.6 Å². The van der Waals surface area contributed by atoms with Gasteiger partial charge in [0.15, 0.2) is 11.5 Å². The molecule has 2 aromatic rings. The Bertz CT molecular complexity index is 824. The lowest BCUT2D eigenvalue weighted by Crippen LogP contribution is -2.25. The van der Waals surface area contributed by atoms with Crippen LogP contribution in [-0.2, 0) is 9.47 Å². The number of unbranched alkanes of at least 4 members (excludes halogenated alkanes) is 1. The Morgan fingerprint density at radius 2 is 2.12 bits per heavy atom. The highest BCUT2D eigenvalue weighted by Gasteiger charge is 2.33. The van der Waals surface area contributed by atoms with Gasteiger partial charge in [-0.15, -0.1) is 0 Å². The second kappa shape index (κ2) is 7.55. The zero-order valence-electron chi connectivity index (χ0n) is 15.2. The first kappa shape index (κ1) is 18.5. The summed E-state index contributed by atoms with van der Waals surface area (Å²) in [5, 5.41) is 10.7. The van der Waals surface area contributed by atoms with E-state index in [9.17, 15) is 9.90 Å². The van der Waals surface area contributed by atoms with Gasteiger partial charge in [-0.05, 0) is 32.4 Å². The van der Waals surface area contributed by atoms with Crippen LogP contribution in [0.3, 0.4) is 0 Å². The molecule has 1 unspecified atom stereocenters. The van der Waals surface area contributed by atoms with Crippen molar-refractivity contribution in [2.75, 3.05) is 19.8 Å². The molecule has 0 radical (unpaired) electrons. The van der Waals surface area contributed by atoms with E-state index in [1.807, 2.05) is 20.8 Å². The quantitative estimate of drug-likeness (QED) is 0.596. The highest BCUT2D eigenvalue weighted by atomic mass is 16.7. The van der Waals surface area contributed by atoms with E-state index in [1.54, 1.807) is 18.2 Å². The SMILES string of the molecule is CCCCOc1c(O)c2ccc(OCC3COC(C)(C)O3)cc2oc1=O. The zero-order chi connectivity index (χ0) is 18.7. The number of aromatic hydroxyl groups is 1. The minimum absolute atomic E-state index is 0.154. The highest BCUT2D eigenvalue weighted by molar-refractivity contribution is 5.86. The first-order valence-electron chi connectivity index (χ1n) is 8.77. The number of hydrogen-bond acceptors (Lipinski definition) is 7. The molecule has 1 aromatic heterocycles. The average Bonchev–Trinajstić information content (AvgIpc) is 2.95. The van der Waals surface area contributed by atoms with Gasteiger partial charge in [0.2, 0.25) is 5.75 Å². The monoisotopic (exact) mass is 364 g/mol. The van der Waals surface area contributed by atoms with Crippen molar-refractivity contribution < 1.29 is 28.5 Å². The van der Waals surface area contributed by atoms with Gasteiger partial charge in [0.25, 0.3) is 0 Å². The smallest absolute Gasteiger partial charge is 0.383 e. The molecule has 142 valence electrons. The summed E-state index contributed by atoms with van der Waals surface area (Å²) in [6, 6.07) is 4.89. The summed E-state index contributed by atoms with van der Waals surface area (Å²) in [5.41, 5.74) is -0.478. The van der Waals surface area contributed by atoms with E-state index in [0.29, 0.717) is 31.0 Å². The van der Waals surface area contributed by atoms with Crippen LogP contribution in [0.25, 0.3) is 11.0 Å². The summed E-state index contributed by atoms with van der Waals surface area (Å²) < 4.78 is 27.5. The number of fused-ring (bicyclic) bond motifs is 1. The first-order chi connectivity index (χ1) is 12.4. The molecule has 26 heavy (non-hydrogen) atoms. The van der Waals surface area contributed by atoms with Gasteiger partial charge >= 0.3 is 5.63 Å². The molecule has 7 nitrogen and oxygen atoms in total. The van der Waals surface area contributed by atoms with Crippen LogP contribution in [0, 0.1) is 0 Å². The van der Waals surface area contributed by atoms with Crippen molar-refractivity contribution in [2.45, 2.75) is 45.5 Å². The molecule has 1 atom stereocenters. The second-order valence-electron chi connectivity index (χ2n) is 6.69. The van der Waals surface area contributed by atoms with Crippen molar-refractivity contribution in [1.29, 1.82) is 0 Å². The fraction of sp³-hybridized carbons (Fsp3) is 0.526. The third kappa shape index (κ3) is 4.11. The Kier molecular flexibility index (Phi) is 5.38. The van der Waals surface area contributed by atoms with Crippen LogP contribution >= 0.6 is 0 Å². The molecule has 1 N–H and O–H groups in total. The molecule has 0 saturated carbocycles. The van der Waals surface area contributed by atoms with Crippen molar-refractivity contribution in [3.63, 3.8) is 0 Å². The summed E-state index contributed by atoms with van der Waals surface area (Å²) >= 11 is 0. The molecule has 7 heteroatoms. The van der Waals surface area contributed by atoms with Gasteiger partial charge in [0, 0.05) is 6.07 Å². The van der Waals surface area contributed by atoms with E-state index in [0.717, 1.165) is 12.8 Å². The molecule has 1 saturated heterocycles. The van der Waals surface area contributed by atoms with Crippen LogP contribution in [-0.4, -0.2) is 36.8 Å². The van der Waals surface area contributed by atoms with Crippen LogP contribution < -0.4 is 15.1 Å². The Morgan fingerprint density at radius 1 is 1.31 bits per heavy atom. The fourth-order valence-electron chi connectivity index (χ4n) is 2.72. The van der Waals surface area contributed by atoms with E-state index < -0.39 is 11.4 Å². The normalized spacial score (nSPS) is 19.0. The van der Waals surface area contributed by atoms with E-state index in [2.05, 4.69) is 0 Å². The van der Waals surface area contributed by atoms with Crippen molar-refractivity contribution in [1.82, 2.24) is 0 Å². The van der Waals surface area contributed by atoms with Gasteiger partial charge in [-0.25, -0.2) is 4.79 Å². The van der Waals surface area contributed by atoms with Crippen molar-refractivity contribution in [2.24, 2.45) is 0 Å². The molecular formula is C19H24O7. The standard InChI is InChI=1S/C19H24O7/c1-4-5-8-22-17-16(20)14-7-6-12(9-15(14)25-18(17)21)23-10-13-11-24-19(2,3)26-13/h6-7,9,13,20H,4-5,8,10-11H2,1-3H3. The topological polar surface area (TPSA) is 87.4 Å². The summed E-state index contributed by atoms with van der Waals surface area (Å²) in [6.07, 6.45) is 1.54. The van der Waals surface area contributed by atoms with Crippen LogP contribution in [0.4, 0.5) is 0 Å². The number of benzene rings is 1. The van der Waals surface area contributed by atoms with E-state index >= 15 is 0 Å². The predicted molar refractivity (Wildman–Crippen MR) is 95.0 cm³/mol. The molecular weight excluding hydrogens is 340 g/mol. The lowest BCUT2D eigenvalue weighted by atomic mass is 10.2. The molecule has 0 aliphatic carbocycles. The average molecular weight is 364 g/mol. The van der Waals surface area contributed by atoms with Crippen molar-refractivity contribution in [3.05, 3.63) is 28.6 Å². The van der Waals surface area contributed by atoms with Crippen LogP contribution in [0.5, 0.6) is 17.2 Å². The summed E-state index contributed by atoms with van der Waals surface area (Å²) in [5.74, 6) is -0.469. The van der Waals surface area contributed by atoms with E-state index in [4.69, 9.17) is 23.4 Å². The highest BCUT2D eigenvalue weighted by Crippen LogP contribution is 2.33. The van der Waals surface area contributed by atoms with Gasteiger partial charge in [-0.2, -0.15) is 0 Å². The molecule has 1 fully saturated rings. The zero-order valence-corrected chi connectivity index (χ0v) is 15.2. The largest absolute Gasteiger partial charge is 0.504 e. The van der Waals surface area contributed by atoms with E-state index in [-0.39, 0.29) is 23.2 Å². The lowest BCUT2D eigenvalue weighted by molar-refractivity contribution is -0.141. The maximum Gasteiger partial charge on any atom is 0.383 e. The molecule has 1 aliphatic heterocycles. The number of hydrogen-bond donors (Lipinski definition) is 1. The molecule has 0 spiro atoms. The third-order valence-electron chi connectivity index (χ3n) is 4.06. The third-order valence-corrected chi connectivity index (χ3v) is 4.06. The molecule has 0 bridgehead atoms. The van der Waals surface area contributed by atoms with Crippen LogP contribution in [0.15, 0.2) is 27.4 Å². The van der Waals surface area contributed by atoms with Crippen LogP contribution in [0.2, 0.25) is 0 Å². The Morgan fingerprint density at radius 3 is 2.81 bits per heavy atom. The molecule has 2 heterocycles. The Hall–Kier alpha value is -2.25. The van der Waals surface area contributed by atoms with E-state index in [1.165, 1.54) is 0 Å². The van der Waals surface area contributed by atoms with Gasteiger partial charge in [-0.3, -0.25) is 0 Å². The molecule has 0 amide bonds. The fourth-order valence-corrected chi connectivity index (χ4v) is 2.72. The minimum atomic E-state index is -0.711. The van der Waals surface area contributed by atoms with Crippen molar-refractivity contribution >= 4 is 11.0 Å². The lowest BCUT2D eigenvalue weighted by Gasteiger charge is -2.17. The number of ether oxygens (including phenoxy) is 4. The molecule has 1 aliphatic rings. The second-order valence-corrected chi connectivity index (χ2v) is 6.69. The van der Waals surface area contributed by atoms with Gasteiger partial charge in [-0.1, -0.05) is 13.3 Å². The maximum atomic E-state index is 12.1. The van der Waals surface area contributed by atoms with Gasteiger partial charge < -0.3 is 28.5 Å². The Labute approximate surface area is 151 Å². The maximum absolute atomic E-state index is 12.1. The summed E-state index contributed by atoms with van der Waals surface area (Å²) in [4.78, 5) is 12.1. The van der Waals surface area contributed by atoms with Gasteiger partial charge in [0.1, 0.15) is 24.0 Å². The van der Waals surface area contributed by atoms with Crippen LogP contribution in [0.1, 0.15) is 33.6 Å². The molecule has 3 rings (SSSR count). The number of rotatable bonds is 7. The minimum Gasteiger partial charge on any atom is -0.504 e. The predicted octanol–water partition coefficient (Wildman–Crippen LogP) is 3.21. The summed E-state index contributed by atoms with van der Waals surface area (Å²) in [7, 11) is 0.